The number of carbonyl (C=O) groups is 1. The zero-order valence-electron chi connectivity index (χ0n) is 12.6. The van der Waals surface area contributed by atoms with E-state index in [0.717, 1.165) is 38.5 Å². The second-order valence-corrected chi connectivity index (χ2v) is 5.89. The number of rotatable bonds is 5. The summed E-state index contributed by atoms with van der Waals surface area (Å²) in [6, 6.07) is 3.80. The van der Waals surface area contributed by atoms with Crippen LogP contribution in [0.1, 0.15) is 20.3 Å². The molecular weight excluding hydrogens is 290 g/mol. The van der Waals surface area contributed by atoms with Crippen molar-refractivity contribution < 1.29 is 9.53 Å². The van der Waals surface area contributed by atoms with Crippen molar-refractivity contribution in [2.24, 2.45) is 0 Å². The average Bonchev–Trinajstić information content (AvgIpc) is 2.46. The van der Waals surface area contributed by atoms with Crippen molar-refractivity contribution in [1.29, 1.82) is 0 Å². The summed E-state index contributed by atoms with van der Waals surface area (Å²) in [5.74, 6) is 0.838. The predicted molar refractivity (Wildman–Crippen MR) is 83.7 cm³/mol. The molecule has 0 aliphatic carbocycles. The number of nitrogens with zero attached hydrogens (tertiary/aromatic N) is 3. The van der Waals surface area contributed by atoms with Crippen LogP contribution in [-0.2, 0) is 9.53 Å². The maximum Gasteiger partial charge on any atom is 0.307 e. The van der Waals surface area contributed by atoms with E-state index < -0.39 is 0 Å². The van der Waals surface area contributed by atoms with Gasteiger partial charge in [-0.1, -0.05) is 11.6 Å². The summed E-state index contributed by atoms with van der Waals surface area (Å²) in [5.41, 5.74) is 0. The topological polar surface area (TPSA) is 45.7 Å². The molecule has 116 valence electrons. The molecule has 5 nitrogen and oxygen atoms in total. The number of ether oxygens (including phenoxy) is 1. The number of halogens is 1. The SMILES string of the molecule is CC(C)OC(=O)CCN1CCN(c2ccc(Cl)cn2)CC1. The smallest absolute Gasteiger partial charge is 0.307 e. The monoisotopic (exact) mass is 311 g/mol. The van der Waals surface area contributed by atoms with Gasteiger partial charge in [-0.15, -0.1) is 0 Å². The van der Waals surface area contributed by atoms with Gasteiger partial charge in [0.05, 0.1) is 17.5 Å². The van der Waals surface area contributed by atoms with E-state index in [1.807, 2.05) is 26.0 Å². The summed E-state index contributed by atoms with van der Waals surface area (Å²) in [6.45, 7) is 8.18. The fourth-order valence-corrected chi connectivity index (χ4v) is 2.44. The minimum atomic E-state index is -0.119. The van der Waals surface area contributed by atoms with E-state index in [4.69, 9.17) is 16.3 Å². The molecule has 2 rings (SSSR count). The molecule has 1 aromatic rings. The Bertz CT molecular complexity index is 456. The Hall–Kier alpha value is -1.33. The minimum absolute atomic E-state index is 0.0367. The first kappa shape index (κ1) is 16.0. The van der Waals surface area contributed by atoms with Gasteiger partial charge in [0, 0.05) is 38.9 Å². The second kappa shape index (κ2) is 7.61. The van der Waals surface area contributed by atoms with Crippen molar-refractivity contribution in [3.05, 3.63) is 23.4 Å². The molecule has 1 fully saturated rings. The summed E-state index contributed by atoms with van der Waals surface area (Å²) < 4.78 is 5.14. The number of piperazine rings is 1. The van der Waals surface area contributed by atoms with E-state index in [1.54, 1.807) is 6.20 Å². The Morgan fingerprint density at radius 1 is 1.33 bits per heavy atom. The molecule has 0 N–H and O–H groups in total. The minimum Gasteiger partial charge on any atom is -0.463 e. The predicted octanol–water partition coefficient (Wildman–Crippen LogP) is 2.20. The number of esters is 1. The van der Waals surface area contributed by atoms with E-state index in [-0.39, 0.29) is 12.1 Å². The van der Waals surface area contributed by atoms with E-state index in [0.29, 0.717) is 11.4 Å². The van der Waals surface area contributed by atoms with Crippen molar-refractivity contribution >= 4 is 23.4 Å². The molecule has 0 aromatic carbocycles. The fraction of sp³-hybridized carbons (Fsp3) is 0.600. The van der Waals surface area contributed by atoms with Gasteiger partial charge in [0.25, 0.3) is 0 Å². The van der Waals surface area contributed by atoms with Gasteiger partial charge in [0.15, 0.2) is 0 Å². The van der Waals surface area contributed by atoms with Crippen molar-refractivity contribution in [3.8, 4) is 0 Å². The third-order valence-electron chi connectivity index (χ3n) is 3.41. The molecule has 6 heteroatoms. The highest BCUT2D eigenvalue weighted by Crippen LogP contribution is 2.16. The first-order chi connectivity index (χ1) is 10.0. The van der Waals surface area contributed by atoms with E-state index in [2.05, 4.69) is 14.8 Å². The van der Waals surface area contributed by atoms with Crippen molar-refractivity contribution in [1.82, 2.24) is 9.88 Å². The normalized spacial score (nSPS) is 16.3. The van der Waals surface area contributed by atoms with Crippen LogP contribution in [0.4, 0.5) is 5.82 Å². The van der Waals surface area contributed by atoms with Crippen LogP contribution in [0.15, 0.2) is 18.3 Å². The molecule has 0 amide bonds. The summed E-state index contributed by atoms with van der Waals surface area (Å²) in [5, 5.41) is 0.654. The van der Waals surface area contributed by atoms with Crippen LogP contribution in [0.25, 0.3) is 0 Å². The molecule has 0 saturated carbocycles. The first-order valence-corrected chi connectivity index (χ1v) is 7.71. The Morgan fingerprint density at radius 2 is 2.05 bits per heavy atom. The number of hydrogen-bond donors (Lipinski definition) is 0. The molecule has 1 aromatic heterocycles. The van der Waals surface area contributed by atoms with Crippen molar-refractivity contribution in [2.45, 2.75) is 26.4 Å². The van der Waals surface area contributed by atoms with Gasteiger partial charge in [-0.05, 0) is 26.0 Å². The molecule has 0 spiro atoms. The van der Waals surface area contributed by atoms with Gasteiger partial charge in [-0.3, -0.25) is 9.69 Å². The molecular formula is C15H22ClN3O2. The number of hydrogen-bond acceptors (Lipinski definition) is 5. The highest BCUT2D eigenvalue weighted by molar-refractivity contribution is 6.30. The van der Waals surface area contributed by atoms with Crippen molar-refractivity contribution in [3.63, 3.8) is 0 Å². The first-order valence-electron chi connectivity index (χ1n) is 7.33. The molecule has 1 saturated heterocycles. The maximum absolute atomic E-state index is 11.5. The van der Waals surface area contributed by atoms with E-state index >= 15 is 0 Å². The van der Waals surface area contributed by atoms with Crippen LogP contribution in [0.2, 0.25) is 5.02 Å². The molecule has 2 heterocycles. The van der Waals surface area contributed by atoms with Gasteiger partial charge in [0.2, 0.25) is 0 Å². The summed E-state index contributed by atoms with van der Waals surface area (Å²) in [7, 11) is 0. The van der Waals surface area contributed by atoms with Crippen molar-refractivity contribution in [2.75, 3.05) is 37.6 Å². The average molecular weight is 312 g/mol. The Kier molecular flexibility index (Phi) is 5.82. The summed E-state index contributed by atoms with van der Waals surface area (Å²) in [6.07, 6.45) is 2.09. The Labute approximate surface area is 130 Å². The standard InChI is InChI=1S/C15H22ClN3O2/c1-12(2)21-15(20)5-6-18-7-9-19(10-8-18)14-4-3-13(16)11-17-14/h3-4,11-12H,5-10H2,1-2H3. The maximum atomic E-state index is 11.5. The lowest BCUT2D eigenvalue weighted by Crippen LogP contribution is -2.47. The largest absolute Gasteiger partial charge is 0.463 e. The number of pyridine rings is 1. The highest BCUT2D eigenvalue weighted by atomic mass is 35.5. The van der Waals surface area contributed by atoms with Gasteiger partial charge >= 0.3 is 5.97 Å². The zero-order chi connectivity index (χ0) is 15.2. The lowest BCUT2D eigenvalue weighted by Gasteiger charge is -2.35. The quantitative estimate of drug-likeness (QED) is 0.780. The van der Waals surface area contributed by atoms with Crippen LogP contribution >= 0.6 is 11.6 Å². The summed E-state index contributed by atoms with van der Waals surface area (Å²) in [4.78, 5) is 20.4. The molecule has 0 radical (unpaired) electrons. The fourth-order valence-electron chi connectivity index (χ4n) is 2.33. The van der Waals surface area contributed by atoms with Gasteiger partial charge in [-0.25, -0.2) is 4.98 Å². The molecule has 1 aliphatic heterocycles. The van der Waals surface area contributed by atoms with Gasteiger partial charge in [0.1, 0.15) is 5.82 Å². The van der Waals surface area contributed by atoms with Gasteiger partial charge < -0.3 is 9.64 Å². The molecule has 1 aliphatic rings. The van der Waals surface area contributed by atoms with Crippen LogP contribution in [-0.4, -0.2) is 54.7 Å². The summed E-state index contributed by atoms with van der Waals surface area (Å²) >= 11 is 5.85. The molecule has 0 atom stereocenters. The second-order valence-electron chi connectivity index (χ2n) is 5.45. The van der Waals surface area contributed by atoms with E-state index in [9.17, 15) is 4.79 Å². The Morgan fingerprint density at radius 3 is 2.62 bits per heavy atom. The lowest BCUT2D eigenvalue weighted by atomic mass is 10.3. The third kappa shape index (κ3) is 5.17. The molecule has 21 heavy (non-hydrogen) atoms. The molecule has 0 unspecified atom stereocenters. The van der Waals surface area contributed by atoms with Crippen LogP contribution in [0, 0.1) is 0 Å². The number of anilines is 1. The molecule has 0 bridgehead atoms. The third-order valence-corrected chi connectivity index (χ3v) is 3.63. The number of carbonyl (C=O) groups excluding carboxylic acids is 1. The lowest BCUT2D eigenvalue weighted by molar-refractivity contribution is -0.147. The van der Waals surface area contributed by atoms with E-state index in [1.165, 1.54) is 0 Å². The zero-order valence-corrected chi connectivity index (χ0v) is 13.3. The van der Waals surface area contributed by atoms with Crippen LogP contribution in [0.3, 0.4) is 0 Å². The highest BCUT2D eigenvalue weighted by Gasteiger charge is 2.18. The van der Waals surface area contributed by atoms with Gasteiger partial charge in [-0.2, -0.15) is 0 Å². The number of aromatic nitrogens is 1. The Balaban J connectivity index is 1.73. The van der Waals surface area contributed by atoms with Crippen LogP contribution < -0.4 is 4.90 Å². The van der Waals surface area contributed by atoms with Crippen LogP contribution in [0.5, 0.6) is 0 Å².